The quantitative estimate of drug-likeness (QED) is 0.253. The predicted molar refractivity (Wildman–Crippen MR) is 148 cm³/mol. The van der Waals surface area contributed by atoms with Crippen LogP contribution in [0.1, 0.15) is 47.6 Å². The number of H-pyrrole nitrogens is 2. The molecule has 0 amide bonds. The van der Waals surface area contributed by atoms with Gasteiger partial charge in [-0.3, -0.25) is 9.89 Å². The third kappa shape index (κ3) is 3.74. The normalized spacial score (nSPS) is 19.0. The molecule has 3 unspecified atom stereocenters. The van der Waals surface area contributed by atoms with E-state index in [4.69, 9.17) is 11.6 Å². The molecule has 0 saturated heterocycles. The Morgan fingerprint density at radius 2 is 1.95 bits per heavy atom. The fourth-order valence-corrected chi connectivity index (χ4v) is 6.37. The van der Waals surface area contributed by atoms with Gasteiger partial charge < -0.3 is 9.55 Å². The molecule has 42 heavy (non-hydrogen) atoms. The Hall–Kier alpha value is -4.71. The molecule has 0 spiro atoms. The first-order valence-electron chi connectivity index (χ1n) is 13.2. The van der Waals surface area contributed by atoms with E-state index in [0.29, 0.717) is 33.2 Å². The van der Waals surface area contributed by atoms with Crippen molar-refractivity contribution < 1.29 is 13.2 Å². The SMILES string of the molecule is Cc1[nH]nc2cc(-c3nc(F)c(C4C5CC5c5cc(-c6cc(Cl)ccc6-n6cc(C(F)F)nn6)cc(=O)n54)[nH]3)ccc12. The first-order chi connectivity index (χ1) is 20.3. The second-order valence-electron chi connectivity index (χ2n) is 10.7. The van der Waals surface area contributed by atoms with E-state index in [2.05, 4.69) is 30.5 Å². The average Bonchev–Trinajstić information content (AvgIpc) is 3.29. The molecule has 8 rings (SSSR count). The van der Waals surface area contributed by atoms with Crippen LogP contribution in [0.5, 0.6) is 0 Å². The molecule has 1 fully saturated rings. The lowest BCUT2D eigenvalue weighted by Crippen LogP contribution is -2.26. The predicted octanol–water partition coefficient (Wildman–Crippen LogP) is 6.11. The highest BCUT2D eigenvalue weighted by Gasteiger charge is 2.54. The largest absolute Gasteiger partial charge is 0.338 e. The van der Waals surface area contributed by atoms with E-state index in [1.165, 1.54) is 10.7 Å². The van der Waals surface area contributed by atoms with Crippen molar-refractivity contribution in [2.24, 2.45) is 5.92 Å². The molecule has 2 aromatic carbocycles. The van der Waals surface area contributed by atoms with Crippen molar-refractivity contribution in [3.63, 3.8) is 0 Å². The zero-order valence-corrected chi connectivity index (χ0v) is 22.6. The van der Waals surface area contributed by atoms with Gasteiger partial charge in [-0.05, 0) is 55.2 Å². The number of hydrogen-bond acceptors (Lipinski definition) is 5. The molecule has 2 N–H and O–H groups in total. The van der Waals surface area contributed by atoms with E-state index >= 15 is 4.39 Å². The van der Waals surface area contributed by atoms with Crippen molar-refractivity contribution in [3.05, 3.63) is 98.8 Å². The third-order valence-corrected chi connectivity index (χ3v) is 8.49. The number of aromatic nitrogens is 8. The van der Waals surface area contributed by atoms with Crippen molar-refractivity contribution in [2.75, 3.05) is 0 Å². The van der Waals surface area contributed by atoms with E-state index in [1.807, 2.05) is 31.2 Å². The molecular weight excluding hydrogens is 569 g/mol. The van der Waals surface area contributed by atoms with Crippen molar-refractivity contribution in [1.29, 1.82) is 0 Å². The van der Waals surface area contributed by atoms with Gasteiger partial charge >= 0.3 is 0 Å². The number of nitrogens with zero attached hydrogens (tertiary/aromatic N) is 6. The first-order valence-corrected chi connectivity index (χ1v) is 13.6. The average molecular weight is 589 g/mol. The maximum atomic E-state index is 15.4. The minimum atomic E-state index is -2.77. The molecule has 13 heteroatoms. The summed E-state index contributed by atoms with van der Waals surface area (Å²) in [5.74, 6) is -0.188. The van der Waals surface area contributed by atoms with Crippen LogP contribution in [-0.2, 0) is 0 Å². The Bertz CT molecular complexity index is 2110. The number of nitrogens with one attached hydrogen (secondary N) is 2. The Morgan fingerprint density at radius 1 is 1.10 bits per heavy atom. The molecule has 2 aliphatic rings. The standard InChI is InChI=1S/C29H20ClF3N8O/c1-12-16-4-2-13(6-20(16)37-36-12)29-34-25(28(33)35-29)26-19-10-18(19)23-7-14(8-24(42)41(23)26)17-9-15(30)3-5-22(17)40-11-21(27(31)32)38-39-40/h2-9,11,18-19,26-27H,10H2,1H3,(H,34,35)(H,36,37). The number of pyridine rings is 1. The van der Waals surface area contributed by atoms with Crippen LogP contribution in [0.4, 0.5) is 13.2 Å². The fraction of sp³-hybridized carbons (Fsp3) is 0.207. The Kier molecular flexibility index (Phi) is 5.30. The van der Waals surface area contributed by atoms with Gasteiger partial charge in [0.15, 0.2) is 0 Å². The number of imidazole rings is 1. The van der Waals surface area contributed by atoms with Crippen molar-refractivity contribution in [2.45, 2.75) is 31.7 Å². The van der Waals surface area contributed by atoms with Gasteiger partial charge in [0.1, 0.15) is 11.5 Å². The third-order valence-electron chi connectivity index (χ3n) is 8.25. The maximum absolute atomic E-state index is 15.4. The number of alkyl halides is 2. The summed E-state index contributed by atoms with van der Waals surface area (Å²) in [6, 6.07) is 13.3. The highest BCUT2D eigenvalue weighted by molar-refractivity contribution is 6.31. The molecule has 6 aromatic rings. The molecular formula is C29H20ClF3N8O. The molecule has 5 heterocycles. The summed E-state index contributed by atoms with van der Waals surface area (Å²) in [7, 11) is 0. The molecule has 1 saturated carbocycles. The smallest absolute Gasteiger partial charge is 0.283 e. The zero-order chi connectivity index (χ0) is 28.9. The summed E-state index contributed by atoms with van der Waals surface area (Å²) >= 11 is 6.30. The van der Waals surface area contributed by atoms with Gasteiger partial charge in [-0.15, -0.1) is 5.10 Å². The van der Waals surface area contributed by atoms with E-state index in [-0.39, 0.29) is 23.1 Å². The van der Waals surface area contributed by atoms with E-state index in [1.54, 1.807) is 22.8 Å². The highest BCUT2D eigenvalue weighted by Crippen LogP contribution is 2.61. The lowest BCUT2D eigenvalue weighted by molar-refractivity contribution is 0.146. The number of hydrogen-bond donors (Lipinski definition) is 2. The molecule has 3 atom stereocenters. The molecule has 0 radical (unpaired) electrons. The summed E-state index contributed by atoms with van der Waals surface area (Å²) in [6.45, 7) is 1.93. The van der Waals surface area contributed by atoms with Crippen LogP contribution in [0.15, 0.2) is 59.5 Å². The van der Waals surface area contributed by atoms with Gasteiger partial charge in [-0.2, -0.15) is 9.49 Å². The Balaban J connectivity index is 1.20. The topological polar surface area (TPSA) is 110 Å². The highest BCUT2D eigenvalue weighted by atomic mass is 35.5. The van der Waals surface area contributed by atoms with Crippen LogP contribution in [0.2, 0.25) is 5.02 Å². The second kappa shape index (κ2) is 8.89. The van der Waals surface area contributed by atoms with Gasteiger partial charge in [0.2, 0.25) is 5.95 Å². The molecule has 1 aliphatic carbocycles. The fourth-order valence-electron chi connectivity index (χ4n) is 6.20. The monoisotopic (exact) mass is 588 g/mol. The van der Waals surface area contributed by atoms with Crippen molar-refractivity contribution >= 4 is 22.5 Å². The van der Waals surface area contributed by atoms with E-state index < -0.39 is 24.1 Å². The summed E-state index contributed by atoms with van der Waals surface area (Å²) in [5.41, 5.74) is 4.15. The summed E-state index contributed by atoms with van der Waals surface area (Å²) in [5, 5.41) is 16.0. The van der Waals surface area contributed by atoms with Crippen LogP contribution < -0.4 is 5.56 Å². The second-order valence-corrected chi connectivity index (χ2v) is 11.2. The number of halogens is 4. The van der Waals surface area contributed by atoms with Crippen LogP contribution in [0.25, 0.3) is 39.1 Å². The lowest BCUT2D eigenvalue weighted by Gasteiger charge is -2.18. The minimum Gasteiger partial charge on any atom is -0.338 e. The molecule has 210 valence electrons. The van der Waals surface area contributed by atoms with Crippen molar-refractivity contribution in [1.82, 2.24) is 39.7 Å². The number of rotatable bonds is 5. The maximum Gasteiger partial charge on any atom is 0.283 e. The number of aromatic amines is 2. The van der Waals surface area contributed by atoms with Crippen molar-refractivity contribution in [3.8, 4) is 28.2 Å². The Morgan fingerprint density at radius 3 is 2.76 bits per heavy atom. The molecule has 0 bridgehead atoms. The number of benzene rings is 2. The Labute approximate surface area is 240 Å². The molecule has 4 aromatic heterocycles. The number of aryl methyl sites for hydroxylation is 1. The summed E-state index contributed by atoms with van der Waals surface area (Å²) in [4.78, 5) is 21.0. The minimum absolute atomic E-state index is 0.0370. The van der Waals surface area contributed by atoms with Gasteiger partial charge in [0.25, 0.3) is 12.0 Å². The van der Waals surface area contributed by atoms with Gasteiger partial charge in [-0.1, -0.05) is 28.9 Å². The summed E-state index contributed by atoms with van der Waals surface area (Å²) < 4.78 is 44.6. The van der Waals surface area contributed by atoms with Crippen LogP contribution in [0.3, 0.4) is 0 Å². The van der Waals surface area contributed by atoms with Gasteiger partial charge in [0, 0.05) is 44.9 Å². The molecule has 9 nitrogen and oxygen atoms in total. The van der Waals surface area contributed by atoms with Gasteiger partial charge in [-0.25, -0.2) is 18.4 Å². The van der Waals surface area contributed by atoms with Gasteiger partial charge in [0.05, 0.1) is 29.1 Å². The summed E-state index contributed by atoms with van der Waals surface area (Å²) in [6.07, 6.45) is -0.833. The van der Waals surface area contributed by atoms with Crippen LogP contribution >= 0.6 is 11.6 Å². The van der Waals surface area contributed by atoms with E-state index in [0.717, 1.165) is 34.9 Å². The van der Waals surface area contributed by atoms with Crippen LogP contribution in [-0.4, -0.2) is 39.7 Å². The van der Waals surface area contributed by atoms with E-state index in [9.17, 15) is 13.6 Å². The zero-order valence-electron chi connectivity index (χ0n) is 21.8. The van der Waals surface area contributed by atoms with Crippen LogP contribution in [0, 0.1) is 18.8 Å². The lowest BCUT2D eigenvalue weighted by atomic mass is 10.0. The molecule has 1 aliphatic heterocycles. The number of fused-ring (bicyclic) bond motifs is 4. The first kappa shape index (κ1) is 25.0.